The van der Waals surface area contributed by atoms with E-state index in [1.165, 1.54) is 0 Å². The lowest BCUT2D eigenvalue weighted by Crippen LogP contribution is -2.45. The molecule has 2 aliphatic rings. The number of aromatic nitrogens is 2. The third-order valence-corrected chi connectivity index (χ3v) is 5.79. The van der Waals surface area contributed by atoms with Crippen LogP contribution in [0.3, 0.4) is 0 Å². The molecule has 29 heavy (non-hydrogen) atoms. The molecule has 154 valence electrons. The average Bonchev–Trinajstić information content (AvgIpc) is 2.63. The monoisotopic (exact) mass is 405 g/mol. The first-order chi connectivity index (χ1) is 13.6. The number of anilines is 3. The summed E-state index contributed by atoms with van der Waals surface area (Å²) in [6.45, 7) is 3.63. The van der Waals surface area contributed by atoms with Crippen molar-refractivity contribution in [3.8, 4) is 0 Å². The number of fused-ring (bicyclic) bond motifs is 1. The van der Waals surface area contributed by atoms with E-state index < -0.39 is 11.7 Å². The van der Waals surface area contributed by atoms with Crippen LogP contribution in [0.25, 0.3) is 0 Å². The van der Waals surface area contributed by atoms with Gasteiger partial charge in [-0.2, -0.15) is 18.2 Å². The van der Waals surface area contributed by atoms with Crippen molar-refractivity contribution in [3.63, 3.8) is 0 Å². The Balaban J connectivity index is 1.42. The highest BCUT2D eigenvalue weighted by molar-refractivity contribution is 6.03. The zero-order valence-corrected chi connectivity index (χ0v) is 16.3. The molecule has 4 rings (SSSR count). The lowest BCUT2D eigenvalue weighted by Gasteiger charge is -2.37. The summed E-state index contributed by atoms with van der Waals surface area (Å²) >= 11 is 0. The first-order valence-electron chi connectivity index (χ1n) is 9.49. The molecule has 1 aromatic carbocycles. The molecule has 1 atom stereocenters. The van der Waals surface area contributed by atoms with Crippen molar-refractivity contribution >= 4 is 23.4 Å². The third kappa shape index (κ3) is 3.61. The van der Waals surface area contributed by atoms with Gasteiger partial charge in [0, 0.05) is 13.1 Å². The molecule has 1 aromatic heterocycles. The van der Waals surface area contributed by atoms with Gasteiger partial charge in [0.2, 0.25) is 11.9 Å². The normalized spacial score (nSPS) is 23.9. The third-order valence-electron chi connectivity index (χ3n) is 5.79. The van der Waals surface area contributed by atoms with Crippen molar-refractivity contribution in [1.29, 1.82) is 0 Å². The molecular formula is C20H22F3N5O. The Bertz CT molecular complexity index is 938. The summed E-state index contributed by atoms with van der Waals surface area (Å²) in [7, 11) is 1.82. The topological polar surface area (TPSA) is 70.1 Å². The number of halogens is 3. The minimum absolute atomic E-state index is 0.0919. The molecule has 1 aliphatic carbocycles. The first-order valence-corrected chi connectivity index (χ1v) is 9.49. The quantitative estimate of drug-likeness (QED) is 0.810. The molecule has 9 heteroatoms. The van der Waals surface area contributed by atoms with Crippen molar-refractivity contribution in [2.24, 2.45) is 0 Å². The molecule has 0 unspecified atom stereocenters. The number of amides is 1. The smallest absolute Gasteiger partial charge is 0.351 e. The van der Waals surface area contributed by atoms with Crippen LogP contribution in [0.2, 0.25) is 0 Å². The molecule has 1 aliphatic heterocycles. The number of rotatable bonds is 3. The summed E-state index contributed by atoms with van der Waals surface area (Å²) in [5.41, 5.74) is 1.59. The van der Waals surface area contributed by atoms with E-state index in [1.807, 2.05) is 25.8 Å². The van der Waals surface area contributed by atoms with E-state index in [0.717, 1.165) is 30.5 Å². The fourth-order valence-corrected chi connectivity index (χ4v) is 3.75. The van der Waals surface area contributed by atoms with Crippen molar-refractivity contribution in [2.45, 2.75) is 50.9 Å². The van der Waals surface area contributed by atoms with Crippen LogP contribution < -0.4 is 15.5 Å². The maximum absolute atomic E-state index is 12.7. The van der Waals surface area contributed by atoms with Crippen molar-refractivity contribution in [2.75, 3.05) is 22.6 Å². The number of nitrogens with one attached hydrogen (secondary N) is 2. The standard InChI is InChI=1S/C20H22F3N5O/c1-10-16-17(28(3)11(2)18(29)26-16)27-19(24-10)25-15-8-13(9-15)12-4-6-14(7-5-12)20(21,22)23/h4-7,11,13,15H,8-9H2,1-3H3,(H,26,29)(H,24,25,27)/t11-,13?,15?/m0/s1. The number of benzene rings is 1. The minimum Gasteiger partial charge on any atom is -0.351 e. The van der Waals surface area contributed by atoms with Gasteiger partial charge < -0.3 is 15.5 Å². The molecule has 6 nitrogen and oxygen atoms in total. The van der Waals surface area contributed by atoms with Gasteiger partial charge in [0.05, 0.1) is 11.3 Å². The summed E-state index contributed by atoms with van der Waals surface area (Å²) in [6.07, 6.45) is -2.71. The highest BCUT2D eigenvalue weighted by Gasteiger charge is 2.34. The van der Waals surface area contributed by atoms with Gasteiger partial charge in [-0.15, -0.1) is 0 Å². The molecule has 1 amide bonds. The molecule has 1 saturated carbocycles. The van der Waals surface area contributed by atoms with E-state index in [-0.39, 0.29) is 23.9 Å². The summed E-state index contributed by atoms with van der Waals surface area (Å²) in [5, 5.41) is 6.16. The van der Waals surface area contributed by atoms with E-state index in [9.17, 15) is 18.0 Å². The fourth-order valence-electron chi connectivity index (χ4n) is 3.75. The van der Waals surface area contributed by atoms with E-state index in [1.54, 1.807) is 12.1 Å². The van der Waals surface area contributed by atoms with Gasteiger partial charge in [0.25, 0.3) is 0 Å². The van der Waals surface area contributed by atoms with E-state index in [2.05, 4.69) is 20.6 Å². The van der Waals surface area contributed by atoms with Crippen LogP contribution in [-0.2, 0) is 11.0 Å². The van der Waals surface area contributed by atoms with Crippen LogP contribution in [-0.4, -0.2) is 35.0 Å². The van der Waals surface area contributed by atoms with Gasteiger partial charge in [0.15, 0.2) is 5.82 Å². The number of likely N-dealkylation sites (N-methyl/N-ethyl adjacent to an activating group) is 1. The maximum atomic E-state index is 12.7. The van der Waals surface area contributed by atoms with Crippen LogP contribution in [0.5, 0.6) is 0 Å². The molecule has 2 heterocycles. The van der Waals surface area contributed by atoms with Gasteiger partial charge in [-0.05, 0) is 50.3 Å². The summed E-state index contributed by atoms with van der Waals surface area (Å²) < 4.78 is 38.1. The zero-order chi connectivity index (χ0) is 20.9. The second-order valence-electron chi connectivity index (χ2n) is 7.74. The molecule has 0 spiro atoms. The molecule has 2 N–H and O–H groups in total. The van der Waals surface area contributed by atoms with Crippen LogP contribution >= 0.6 is 0 Å². The predicted octanol–water partition coefficient (Wildman–Crippen LogP) is 3.94. The van der Waals surface area contributed by atoms with Crippen LogP contribution in [0.4, 0.5) is 30.6 Å². The molecule has 0 radical (unpaired) electrons. The van der Waals surface area contributed by atoms with Crippen molar-refractivity contribution in [3.05, 3.63) is 41.1 Å². The van der Waals surface area contributed by atoms with Crippen LogP contribution in [0, 0.1) is 6.92 Å². The number of nitrogens with zero attached hydrogens (tertiary/aromatic N) is 3. The van der Waals surface area contributed by atoms with E-state index >= 15 is 0 Å². The van der Waals surface area contributed by atoms with Crippen molar-refractivity contribution in [1.82, 2.24) is 9.97 Å². The number of carbonyl (C=O) groups is 1. The fraction of sp³-hybridized carbons (Fsp3) is 0.450. The minimum atomic E-state index is -4.31. The van der Waals surface area contributed by atoms with E-state index in [0.29, 0.717) is 23.1 Å². The zero-order valence-electron chi connectivity index (χ0n) is 16.3. The lowest BCUT2D eigenvalue weighted by atomic mass is 9.76. The average molecular weight is 405 g/mol. The number of aryl methyl sites for hydroxylation is 1. The van der Waals surface area contributed by atoms with Crippen LogP contribution in [0.1, 0.15) is 42.5 Å². The van der Waals surface area contributed by atoms with Crippen molar-refractivity contribution < 1.29 is 18.0 Å². The Morgan fingerprint density at radius 1 is 1.17 bits per heavy atom. The Morgan fingerprint density at radius 3 is 2.45 bits per heavy atom. The summed E-state index contributed by atoms with van der Waals surface area (Å²) in [5.74, 6) is 1.29. The molecule has 0 saturated heterocycles. The lowest BCUT2D eigenvalue weighted by molar-refractivity contribution is -0.137. The molecule has 2 aromatic rings. The highest BCUT2D eigenvalue weighted by atomic mass is 19.4. The Morgan fingerprint density at radius 2 is 1.83 bits per heavy atom. The predicted molar refractivity (Wildman–Crippen MR) is 104 cm³/mol. The summed E-state index contributed by atoms with van der Waals surface area (Å²) in [4.78, 5) is 22.8. The number of carbonyl (C=O) groups excluding carboxylic acids is 1. The van der Waals surface area contributed by atoms with Gasteiger partial charge in [-0.25, -0.2) is 4.98 Å². The van der Waals surface area contributed by atoms with Crippen LogP contribution in [0.15, 0.2) is 24.3 Å². The second-order valence-corrected chi connectivity index (χ2v) is 7.74. The highest BCUT2D eigenvalue weighted by Crippen LogP contribution is 2.40. The van der Waals surface area contributed by atoms with Gasteiger partial charge in [-0.3, -0.25) is 4.79 Å². The maximum Gasteiger partial charge on any atom is 0.416 e. The second kappa shape index (κ2) is 6.89. The SMILES string of the molecule is Cc1nc(NC2CC(c3ccc(C(F)(F)F)cc3)C2)nc2c1NC(=O)[C@H](C)N2C. The number of hydrogen-bond acceptors (Lipinski definition) is 5. The van der Waals surface area contributed by atoms with Gasteiger partial charge in [-0.1, -0.05) is 12.1 Å². The first kappa shape index (κ1) is 19.5. The Hall–Kier alpha value is -2.84. The molecular weight excluding hydrogens is 383 g/mol. The number of hydrogen-bond donors (Lipinski definition) is 2. The largest absolute Gasteiger partial charge is 0.416 e. The van der Waals surface area contributed by atoms with Gasteiger partial charge in [0.1, 0.15) is 11.7 Å². The Labute approximate surface area is 166 Å². The summed E-state index contributed by atoms with van der Waals surface area (Å²) in [6, 6.07) is 5.22. The molecule has 1 fully saturated rings. The molecule has 0 bridgehead atoms. The number of alkyl halides is 3. The van der Waals surface area contributed by atoms with Gasteiger partial charge >= 0.3 is 6.18 Å². The van der Waals surface area contributed by atoms with E-state index in [4.69, 9.17) is 0 Å². The Kier molecular flexibility index (Phi) is 4.63.